The Labute approximate surface area is 202 Å². The second-order valence-corrected chi connectivity index (χ2v) is 9.75. The van der Waals surface area contributed by atoms with Gasteiger partial charge in [0.25, 0.3) is 0 Å². The van der Waals surface area contributed by atoms with Crippen molar-refractivity contribution in [3.63, 3.8) is 0 Å². The summed E-state index contributed by atoms with van der Waals surface area (Å²) < 4.78 is 19.0. The van der Waals surface area contributed by atoms with Crippen molar-refractivity contribution >= 4 is 5.78 Å². The van der Waals surface area contributed by atoms with Gasteiger partial charge in [-0.3, -0.25) is 4.79 Å². The van der Waals surface area contributed by atoms with Crippen LogP contribution >= 0.6 is 0 Å². The summed E-state index contributed by atoms with van der Waals surface area (Å²) in [5.41, 5.74) is 2.97. The van der Waals surface area contributed by atoms with E-state index in [2.05, 4.69) is 31.4 Å². The fourth-order valence-electron chi connectivity index (χ4n) is 5.45. The molecule has 2 aliphatic heterocycles. The molecule has 2 aromatic rings. The third kappa shape index (κ3) is 4.41. The first-order valence-corrected chi connectivity index (χ1v) is 12.9. The van der Waals surface area contributed by atoms with Crippen LogP contribution in [-0.2, 0) is 0 Å². The van der Waals surface area contributed by atoms with Gasteiger partial charge in [0.1, 0.15) is 29.5 Å². The molecule has 2 aromatic carbocycles. The average Bonchev–Trinajstić information content (AvgIpc) is 3.60. The zero-order chi connectivity index (χ0) is 23.7. The van der Waals surface area contributed by atoms with Crippen LogP contribution in [0.25, 0.3) is 11.1 Å². The molecule has 0 bridgehead atoms. The van der Waals surface area contributed by atoms with Gasteiger partial charge in [0.2, 0.25) is 0 Å². The SMILES string of the molecule is CCCOc1cc(OC(C)C2CCCN2)cc2c1-c1c(OC(C)C3CCCN3)cccc1C2=O. The molecule has 0 amide bonds. The van der Waals surface area contributed by atoms with E-state index in [-0.39, 0.29) is 18.0 Å². The van der Waals surface area contributed by atoms with Gasteiger partial charge in [-0.15, -0.1) is 0 Å². The normalized spacial score (nSPS) is 22.9. The lowest BCUT2D eigenvalue weighted by atomic mass is 10.0. The van der Waals surface area contributed by atoms with Gasteiger partial charge in [0.05, 0.1) is 6.61 Å². The highest BCUT2D eigenvalue weighted by molar-refractivity contribution is 6.23. The standard InChI is InChI=1S/C28H36N2O4/c1-4-14-32-25-16-19(33-17(2)22-9-6-12-29-22)15-21-27(25)26-20(28(21)31)8-5-11-24(26)34-18(3)23-10-7-13-30-23/h5,8,11,15-18,22-23,29-30H,4,6-7,9-10,12-14H2,1-3H3. The number of rotatable bonds is 9. The first-order chi connectivity index (χ1) is 16.6. The fourth-order valence-corrected chi connectivity index (χ4v) is 5.45. The number of ketones is 1. The number of carbonyl (C=O) groups excluding carboxylic acids is 1. The van der Waals surface area contributed by atoms with Crippen molar-refractivity contribution in [2.45, 2.75) is 77.2 Å². The van der Waals surface area contributed by atoms with E-state index in [1.54, 1.807) is 0 Å². The molecule has 5 rings (SSSR count). The van der Waals surface area contributed by atoms with Crippen LogP contribution in [0.3, 0.4) is 0 Å². The van der Waals surface area contributed by atoms with Crippen molar-refractivity contribution in [3.05, 3.63) is 41.5 Å². The largest absolute Gasteiger partial charge is 0.493 e. The smallest absolute Gasteiger partial charge is 0.194 e. The molecule has 3 aliphatic rings. The second kappa shape index (κ2) is 9.96. The topological polar surface area (TPSA) is 68.8 Å². The Kier molecular flexibility index (Phi) is 6.79. The summed E-state index contributed by atoms with van der Waals surface area (Å²) in [5.74, 6) is 2.11. The number of benzene rings is 2. The number of ether oxygens (including phenoxy) is 3. The molecule has 6 nitrogen and oxygen atoms in total. The summed E-state index contributed by atoms with van der Waals surface area (Å²) in [6.45, 7) is 8.90. The quantitative estimate of drug-likeness (QED) is 0.477. The lowest BCUT2D eigenvalue weighted by Gasteiger charge is -2.24. The summed E-state index contributed by atoms with van der Waals surface area (Å²) >= 11 is 0. The molecule has 34 heavy (non-hydrogen) atoms. The second-order valence-electron chi connectivity index (χ2n) is 9.75. The van der Waals surface area contributed by atoms with Crippen molar-refractivity contribution in [1.82, 2.24) is 10.6 Å². The van der Waals surface area contributed by atoms with Crippen molar-refractivity contribution in [2.75, 3.05) is 19.7 Å². The average molecular weight is 465 g/mol. The molecule has 0 saturated carbocycles. The monoisotopic (exact) mass is 464 g/mol. The van der Waals surface area contributed by atoms with Crippen LogP contribution in [0.4, 0.5) is 0 Å². The zero-order valence-electron chi connectivity index (χ0n) is 20.5. The van der Waals surface area contributed by atoms with E-state index >= 15 is 0 Å². The first-order valence-electron chi connectivity index (χ1n) is 12.9. The predicted molar refractivity (Wildman–Crippen MR) is 133 cm³/mol. The van der Waals surface area contributed by atoms with Gasteiger partial charge in [-0.25, -0.2) is 0 Å². The number of nitrogens with one attached hydrogen (secondary N) is 2. The molecule has 2 saturated heterocycles. The van der Waals surface area contributed by atoms with E-state index in [4.69, 9.17) is 14.2 Å². The highest BCUT2D eigenvalue weighted by Gasteiger charge is 2.35. The molecule has 4 atom stereocenters. The van der Waals surface area contributed by atoms with Gasteiger partial charge >= 0.3 is 0 Å². The van der Waals surface area contributed by atoms with Gasteiger partial charge in [-0.05, 0) is 71.2 Å². The highest BCUT2D eigenvalue weighted by atomic mass is 16.5. The molecule has 2 heterocycles. The molecule has 182 valence electrons. The highest BCUT2D eigenvalue weighted by Crippen LogP contribution is 2.49. The van der Waals surface area contributed by atoms with Crippen LogP contribution in [0.2, 0.25) is 0 Å². The molecule has 2 N–H and O–H groups in total. The molecular weight excluding hydrogens is 428 g/mol. The fraction of sp³-hybridized carbons (Fsp3) is 0.536. The Morgan fingerprint density at radius 1 is 0.912 bits per heavy atom. The summed E-state index contributed by atoms with van der Waals surface area (Å²) in [6, 6.07) is 10.2. The van der Waals surface area contributed by atoms with Crippen LogP contribution in [0.15, 0.2) is 30.3 Å². The minimum atomic E-state index is 0.000498. The summed E-state index contributed by atoms with van der Waals surface area (Å²) in [5, 5.41) is 7.03. The van der Waals surface area contributed by atoms with E-state index in [0.29, 0.717) is 41.3 Å². The molecule has 0 radical (unpaired) electrons. The molecule has 0 aromatic heterocycles. The lowest BCUT2D eigenvalue weighted by Crippen LogP contribution is -2.36. The van der Waals surface area contributed by atoms with E-state index < -0.39 is 0 Å². The number of carbonyl (C=O) groups is 1. The van der Waals surface area contributed by atoms with Crippen molar-refractivity contribution in [3.8, 4) is 28.4 Å². The Morgan fingerprint density at radius 2 is 1.59 bits per heavy atom. The van der Waals surface area contributed by atoms with Crippen molar-refractivity contribution < 1.29 is 19.0 Å². The number of hydrogen-bond donors (Lipinski definition) is 2. The van der Waals surface area contributed by atoms with Crippen molar-refractivity contribution in [1.29, 1.82) is 0 Å². The Hall–Kier alpha value is -2.57. The molecule has 1 aliphatic carbocycles. The molecule has 0 spiro atoms. The zero-order valence-corrected chi connectivity index (χ0v) is 20.5. The first kappa shape index (κ1) is 23.2. The summed E-state index contributed by atoms with van der Waals surface area (Å²) in [4.78, 5) is 13.5. The molecular formula is C28H36N2O4. The lowest BCUT2D eigenvalue weighted by molar-refractivity contribution is 0.104. The summed E-state index contributed by atoms with van der Waals surface area (Å²) in [7, 11) is 0. The minimum Gasteiger partial charge on any atom is -0.493 e. The van der Waals surface area contributed by atoms with Crippen LogP contribution in [0.1, 0.15) is 68.8 Å². The molecule has 4 unspecified atom stereocenters. The Morgan fingerprint density at radius 3 is 2.24 bits per heavy atom. The third-order valence-corrected chi connectivity index (χ3v) is 7.27. The van der Waals surface area contributed by atoms with Gasteiger partial charge in [-0.1, -0.05) is 19.1 Å². The van der Waals surface area contributed by atoms with Crippen LogP contribution in [0.5, 0.6) is 17.2 Å². The van der Waals surface area contributed by atoms with E-state index in [0.717, 1.165) is 49.2 Å². The van der Waals surface area contributed by atoms with Gasteiger partial charge in [0.15, 0.2) is 5.78 Å². The maximum absolute atomic E-state index is 13.5. The van der Waals surface area contributed by atoms with E-state index in [1.807, 2.05) is 30.3 Å². The van der Waals surface area contributed by atoms with Gasteiger partial charge < -0.3 is 24.8 Å². The van der Waals surface area contributed by atoms with E-state index in [9.17, 15) is 4.79 Å². The van der Waals surface area contributed by atoms with Gasteiger partial charge in [0, 0.05) is 40.4 Å². The van der Waals surface area contributed by atoms with Gasteiger partial charge in [-0.2, -0.15) is 0 Å². The number of hydrogen-bond acceptors (Lipinski definition) is 6. The van der Waals surface area contributed by atoms with Crippen LogP contribution in [0, 0.1) is 0 Å². The Bertz CT molecular complexity index is 1040. The van der Waals surface area contributed by atoms with E-state index in [1.165, 1.54) is 12.8 Å². The minimum absolute atomic E-state index is 0.000498. The Balaban J connectivity index is 1.51. The molecule has 2 fully saturated rings. The number of fused-ring (bicyclic) bond motifs is 3. The van der Waals surface area contributed by atoms with Crippen LogP contribution < -0.4 is 24.8 Å². The van der Waals surface area contributed by atoms with Crippen molar-refractivity contribution in [2.24, 2.45) is 0 Å². The maximum Gasteiger partial charge on any atom is 0.194 e. The molecule has 6 heteroatoms. The predicted octanol–water partition coefficient (Wildman–Crippen LogP) is 4.73. The van der Waals surface area contributed by atoms with Crippen LogP contribution in [-0.4, -0.2) is 49.8 Å². The summed E-state index contributed by atoms with van der Waals surface area (Å²) in [6.07, 6.45) is 5.44. The maximum atomic E-state index is 13.5. The third-order valence-electron chi connectivity index (χ3n) is 7.27.